The molecule has 0 unspecified atom stereocenters. The van der Waals surface area contributed by atoms with Crippen molar-refractivity contribution in [1.29, 1.82) is 0 Å². The first kappa shape index (κ1) is 15.9. The van der Waals surface area contributed by atoms with Crippen LogP contribution in [-0.2, 0) is 4.79 Å². The minimum absolute atomic E-state index is 0.256. The summed E-state index contributed by atoms with van der Waals surface area (Å²) in [5.41, 5.74) is -0.374. The quantitative estimate of drug-likeness (QED) is 0.615. The molecule has 20 heavy (non-hydrogen) atoms. The van der Waals surface area contributed by atoms with Crippen LogP contribution in [0.4, 0.5) is 10.1 Å². The third-order valence-electron chi connectivity index (χ3n) is 2.52. The number of benzene rings is 1. The second-order valence-electron chi connectivity index (χ2n) is 4.69. The number of carbonyl (C=O) groups is 1. The smallest absolute Gasteiger partial charge is 0.311 e. The predicted molar refractivity (Wildman–Crippen MR) is 71.0 cm³/mol. The van der Waals surface area contributed by atoms with Gasteiger partial charge in [0.05, 0.1) is 4.92 Å². The molecule has 0 aromatic heterocycles. The van der Waals surface area contributed by atoms with Crippen molar-refractivity contribution in [3.05, 3.63) is 34.1 Å². The number of nitro groups is 1. The Morgan fingerprint density at radius 3 is 2.80 bits per heavy atom. The van der Waals surface area contributed by atoms with Crippen LogP contribution in [0.15, 0.2) is 18.2 Å². The maximum Gasteiger partial charge on any atom is 0.311 e. The summed E-state index contributed by atoms with van der Waals surface area (Å²) in [4.78, 5) is 21.5. The summed E-state index contributed by atoms with van der Waals surface area (Å²) in [7, 11) is 0. The van der Waals surface area contributed by atoms with Crippen molar-refractivity contribution in [1.82, 2.24) is 5.32 Å². The molecule has 6 nitrogen and oxygen atoms in total. The first-order valence-corrected chi connectivity index (χ1v) is 6.23. The van der Waals surface area contributed by atoms with Gasteiger partial charge < -0.3 is 10.1 Å². The van der Waals surface area contributed by atoms with Crippen molar-refractivity contribution in [2.75, 3.05) is 13.2 Å². The molecule has 0 aliphatic carbocycles. The van der Waals surface area contributed by atoms with Gasteiger partial charge in [0.2, 0.25) is 5.75 Å². The standard InChI is InChI=1S/C13H17FN2O4/c1-9(2)5-6-15-13(17)8-20-12-7-10(14)3-4-11(12)16(18)19/h3-4,7,9H,5-6,8H2,1-2H3,(H,15,17). The fourth-order valence-corrected chi connectivity index (χ4v) is 1.45. The Labute approximate surface area is 116 Å². The number of nitrogens with one attached hydrogen (secondary N) is 1. The Balaban J connectivity index is 2.54. The summed E-state index contributed by atoms with van der Waals surface area (Å²) in [6.07, 6.45) is 0.825. The lowest BCUT2D eigenvalue weighted by atomic mass is 10.1. The zero-order valence-corrected chi connectivity index (χ0v) is 11.4. The molecular formula is C13H17FN2O4. The third kappa shape index (κ3) is 5.21. The molecule has 1 N–H and O–H groups in total. The topological polar surface area (TPSA) is 81.5 Å². The Morgan fingerprint density at radius 1 is 1.50 bits per heavy atom. The van der Waals surface area contributed by atoms with Crippen LogP contribution in [0, 0.1) is 21.8 Å². The summed E-state index contributed by atoms with van der Waals surface area (Å²) in [5, 5.41) is 13.3. The van der Waals surface area contributed by atoms with Gasteiger partial charge in [-0.05, 0) is 18.4 Å². The van der Waals surface area contributed by atoms with Gasteiger partial charge in [-0.2, -0.15) is 0 Å². The van der Waals surface area contributed by atoms with Crippen LogP contribution in [0.5, 0.6) is 5.75 Å². The molecule has 1 amide bonds. The molecule has 0 bridgehead atoms. The van der Waals surface area contributed by atoms with Crippen molar-refractivity contribution >= 4 is 11.6 Å². The van der Waals surface area contributed by atoms with Gasteiger partial charge in [0, 0.05) is 18.7 Å². The largest absolute Gasteiger partial charge is 0.477 e. The van der Waals surface area contributed by atoms with Crippen molar-refractivity contribution in [2.45, 2.75) is 20.3 Å². The number of amides is 1. The van der Waals surface area contributed by atoms with E-state index in [1.165, 1.54) is 0 Å². The molecule has 0 saturated heterocycles. The minimum atomic E-state index is -0.689. The van der Waals surface area contributed by atoms with E-state index in [-0.39, 0.29) is 18.0 Å². The normalized spacial score (nSPS) is 10.4. The number of hydrogen-bond acceptors (Lipinski definition) is 4. The summed E-state index contributed by atoms with van der Waals surface area (Å²) in [6.45, 7) is 4.17. The number of ether oxygens (including phenoxy) is 1. The van der Waals surface area contributed by atoms with Crippen LogP contribution in [0.25, 0.3) is 0 Å². The second kappa shape index (κ2) is 7.42. The van der Waals surface area contributed by atoms with E-state index in [0.29, 0.717) is 12.5 Å². The fourth-order valence-electron chi connectivity index (χ4n) is 1.45. The number of nitrogens with zero attached hydrogens (tertiary/aromatic N) is 1. The van der Waals surface area contributed by atoms with E-state index in [9.17, 15) is 19.3 Å². The molecule has 1 aromatic carbocycles. The molecule has 7 heteroatoms. The summed E-state index contributed by atoms with van der Waals surface area (Å²) in [6, 6.07) is 2.86. The highest BCUT2D eigenvalue weighted by Gasteiger charge is 2.16. The second-order valence-corrected chi connectivity index (χ2v) is 4.69. The lowest BCUT2D eigenvalue weighted by Crippen LogP contribution is -2.30. The van der Waals surface area contributed by atoms with Crippen LogP contribution in [0.3, 0.4) is 0 Å². The summed E-state index contributed by atoms with van der Waals surface area (Å²) in [5.74, 6) is -0.857. The Morgan fingerprint density at radius 2 is 2.20 bits per heavy atom. The molecule has 0 saturated carbocycles. The Kier molecular flexibility index (Phi) is 5.89. The van der Waals surface area contributed by atoms with Gasteiger partial charge in [-0.3, -0.25) is 14.9 Å². The van der Waals surface area contributed by atoms with Gasteiger partial charge in [-0.1, -0.05) is 13.8 Å². The number of rotatable bonds is 7. The fraction of sp³-hybridized carbons (Fsp3) is 0.462. The monoisotopic (exact) mass is 284 g/mol. The first-order chi connectivity index (χ1) is 9.40. The Hall–Kier alpha value is -2.18. The maximum absolute atomic E-state index is 13.0. The zero-order valence-electron chi connectivity index (χ0n) is 11.4. The molecule has 0 radical (unpaired) electrons. The van der Waals surface area contributed by atoms with Gasteiger partial charge in [0.25, 0.3) is 5.91 Å². The van der Waals surface area contributed by atoms with Crippen LogP contribution in [0.1, 0.15) is 20.3 Å². The molecule has 110 valence electrons. The molecule has 0 atom stereocenters. The van der Waals surface area contributed by atoms with Gasteiger partial charge in [0.15, 0.2) is 6.61 Å². The molecule has 0 fully saturated rings. The molecule has 0 aliphatic rings. The molecule has 0 heterocycles. The third-order valence-corrected chi connectivity index (χ3v) is 2.52. The van der Waals surface area contributed by atoms with Gasteiger partial charge in [0.1, 0.15) is 5.82 Å². The van der Waals surface area contributed by atoms with Crippen molar-refractivity contribution in [3.8, 4) is 5.75 Å². The lowest BCUT2D eigenvalue weighted by Gasteiger charge is -2.09. The van der Waals surface area contributed by atoms with E-state index >= 15 is 0 Å². The number of halogens is 1. The lowest BCUT2D eigenvalue weighted by molar-refractivity contribution is -0.385. The van der Waals surface area contributed by atoms with Gasteiger partial charge in [-0.25, -0.2) is 4.39 Å². The highest BCUT2D eigenvalue weighted by molar-refractivity contribution is 5.77. The van der Waals surface area contributed by atoms with Crippen molar-refractivity contribution in [2.24, 2.45) is 5.92 Å². The van der Waals surface area contributed by atoms with E-state index in [1.807, 2.05) is 13.8 Å². The molecule has 0 aliphatic heterocycles. The number of hydrogen-bond donors (Lipinski definition) is 1. The summed E-state index contributed by atoms with van der Waals surface area (Å²) < 4.78 is 18.0. The van der Waals surface area contributed by atoms with E-state index in [1.54, 1.807) is 0 Å². The highest BCUT2D eigenvalue weighted by Crippen LogP contribution is 2.27. The van der Waals surface area contributed by atoms with E-state index in [0.717, 1.165) is 24.6 Å². The number of carbonyl (C=O) groups excluding carboxylic acids is 1. The van der Waals surface area contributed by atoms with Crippen LogP contribution in [-0.4, -0.2) is 24.0 Å². The predicted octanol–water partition coefficient (Wildman–Crippen LogP) is 2.28. The SMILES string of the molecule is CC(C)CCNC(=O)COc1cc(F)ccc1[N+](=O)[O-]. The highest BCUT2D eigenvalue weighted by atomic mass is 19.1. The van der Waals surface area contributed by atoms with Crippen molar-refractivity contribution in [3.63, 3.8) is 0 Å². The average Bonchev–Trinajstić information content (AvgIpc) is 2.35. The summed E-state index contributed by atoms with van der Waals surface area (Å²) >= 11 is 0. The minimum Gasteiger partial charge on any atom is -0.477 e. The molecule has 0 spiro atoms. The zero-order chi connectivity index (χ0) is 15.1. The number of nitro benzene ring substituents is 1. The Bertz CT molecular complexity index is 491. The van der Waals surface area contributed by atoms with E-state index in [2.05, 4.69) is 5.32 Å². The maximum atomic E-state index is 13.0. The van der Waals surface area contributed by atoms with Crippen molar-refractivity contribution < 1.29 is 18.8 Å². The van der Waals surface area contributed by atoms with E-state index < -0.39 is 16.6 Å². The average molecular weight is 284 g/mol. The van der Waals surface area contributed by atoms with E-state index in [4.69, 9.17) is 4.74 Å². The first-order valence-electron chi connectivity index (χ1n) is 6.23. The van der Waals surface area contributed by atoms with Crippen LogP contribution < -0.4 is 10.1 Å². The van der Waals surface area contributed by atoms with Crippen LogP contribution in [0.2, 0.25) is 0 Å². The van der Waals surface area contributed by atoms with Gasteiger partial charge in [-0.15, -0.1) is 0 Å². The van der Waals surface area contributed by atoms with Crippen LogP contribution >= 0.6 is 0 Å². The molecule has 1 aromatic rings. The van der Waals surface area contributed by atoms with Gasteiger partial charge >= 0.3 is 5.69 Å². The molecule has 1 rings (SSSR count). The molecular weight excluding hydrogens is 267 g/mol.